The molecule has 1 aromatic carbocycles. The summed E-state index contributed by atoms with van der Waals surface area (Å²) in [6.07, 6.45) is 1.59. The Balaban J connectivity index is 0.000000517. The highest BCUT2D eigenvalue weighted by molar-refractivity contribution is 5.95. The molecule has 224 valence electrons. The molecule has 0 bridgehead atoms. The maximum Gasteiger partial charge on any atom is 0.490 e. The van der Waals surface area contributed by atoms with Crippen LogP contribution in [0.4, 0.5) is 19.0 Å². The number of alkyl halides is 3. The van der Waals surface area contributed by atoms with Crippen LogP contribution in [0.3, 0.4) is 0 Å². The van der Waals surface area contributed by atoms with Gasteiger partial charge in [0.1, 0.15) is 12.4 Å². The number of aliphatic carboxylic acids is 1. The zero-order chi connectivity index (χ0) is 30.3. The van der Waals surface area contributed by atoms with Crippen molar-refractivity contribution in [3.05, 3.63) is 47.5 Å². The number of imidazole rings is 1. The molecule has 4 aliphatic rings. The highest BCUT2D eigenvalue weighted by Gasteiger charge is 2.38. The second kappa shape index (κ2) is 13.6. The SMILES string of the molecule is CN1CCN(Cc2ccc(C(=O)NN(c3[nH]c(C#N)nc4ncnc3-4)C3CCCCC3)cc2)CC1.O=C(O)C(F)(F)F. The van der Waals surface area contributed by atoms with E-state index < -0.39 is 12.1 Å². The lowest BCUT2D eigenvalue weighted by molar-refractivity contribution is -0.192. The van der Waals surface area contributed by atoms with Crippen LogP contribution in [0.1, 0.15) is 53.8 Å². The third-order valence-corrected chi connectivity index (χ3v) is 7.23. The van der Waals surface area contributed by atoms with E-state index in [1.54, 1.807) is 0 Å². The average molecular weight is 588 g/mol. The lowest BCUT2D eigenvalue weighted by Crippen LogP contribution is -2.50. The van der Waals surface area contributed by atoms with Crippen molar-refractivity contribution in [3.8, 4) is 17.6 Å². The van der Waals surface area contributed by atoms with Crippen LogP contribution in [0.25, 0.3) is 11.5 Å². The fourth-order valence-electron chi connectivity index (χ4n) is 4.91. The lowest BCUT2D eigenvalue weighted by Gasteiger charge is -2.36. The number of nitriles is 1. The van der Waals surface area contributed by atoms with Crippen molar-refractivity contribution in [2.75, 3.05) is 38.2 Å². The summed E-state index contributed by atoms with van der Waals surface area (Å²) in [6, 6.07) is 9.98. The Bertz CT molecular complexity index is 1360. The molecule has 2 fully saturated rings. The number of aromatic nitrogens is 4. The molecule has 1 saturated carbocycles. The minimum atomic E-state index is -5.08. The number of halogens is 3. The summed E-state index contributed by atoms with van der Waals surface area (Å²) in [4.78, 5) is 42.8. The molecule has 12 nitrogen and oxygen atoms in total. The Morgan fingerprint density at radius 3 is 2.36 bits per heavy atom. The van der Waals surface area contributed by atoms with Crippen molar-refractivity contribution in [2.24, 2.45) is 0 Å². The van der Waals surface area contributed by atoms with Gasteiger partial charge in [0.25, 0.3) is 5.91 Å². The van der Waals surface area contributed by atoms with Crippen LogP contribution in [0, 0.1) is 11.3 Å². The minimum absolute atomic E-state index is 0.0919. The van der Waals surface area contributed by atoms with Crippen molar-refractivity contribution in [3.63, 3.8) is 0 Å². The third kappa shape index (κ3) is 7.92. The third-order valence-electron chi connectivity index (χ3n) is 7.23. The number of nitrogens with zero attached hydrogens (tertiary/aromatic N) is 7. The highest BCUT2D eigenvalue weighted by atomic mass is 19.4. The van der Waals surface area contributed by atoms with E-state index in [2.05, 4.69) is 48.3 Å². The summed E-state index contributed by atoms with van der Waals surface area (Å²) in [6.45, 7) is 5.17. The molecule has 1 amide bonds. The van der Waals surface area contributed by atoms with Crippen molar-refractivity contribution in [1.82, 2.24) is 35.2 Å². The van der Waals surface area contributed by atoms with Crippen LogP contribution in [0.2, 0.25) is 0 Å². The summed E-state index contributed by atoms with van der Waals surface area (Å²) >= 11 is 0. The van der Waals surface area contributed by atoms with Gasteiger partial charge in [0, 0.05) is 38.3 Å². The van der Waals surface area contributed by atoms with Crippen LogP contribution < -0.4 is 10.4 Å². The van der Waals surface area contributed by atoms with Gasteiger partial charge in [-0.25, -0.2) is 14.8 Å². The van der Waals surface area contributed by atoms with Crippen LogP contribution in [-0.2, 0) is 11.3 Å². The predicted octanol–water partition coefficient (Wildman–Crippen LogP) is 3.04. The summed E-state index contributed by atoms with van der Waals surface area (Å²) < 4.78 is 31.7. The summed E-state index contributed by atoms with van der Waals surface area (Å²) in [7, 11) is 2.15. The summed E-state index contributed by atoms with van der Waals surface area (Å²) in [5.74, 6) is -1.88. The molecule has 0 aromatic heterocycles. The Labute approximate surface area is 240 Å². The van der Waals surface area contributed by atoms with Gasteiger partial charge in [-0.05, 0) is 37.6 Å². The van der Waals surface area contributed by atoms with E-state index in [0.29, 0.717) is 22.9 Å². The van der Waals surface area contributed by atoms with Gasteiger partial charge in [-0.3, -0.25) is 20.1 Å². The first kappa shape index (κ1) is 30.7. The molecular weight excluding hydrogens is 555 g/mol. The number of carboxylic acids is 1. The molecule has 1 aromatic rings. The van der Waals surface area contributed by atoms with Crippen molar-refractivity contribution >= 4 is 17.7 Å². The Hall–Kier alpha value is -4.29. The number of amides is 1. The number of aromatic amines is 1. The Kier molecular flexibility index (Phi) is 9.92. The van der Waals surface area contributed by atoms with Gasteiger partial charge >= 0.3 is 12.1 Å². The van der Waals surface area contributed by atoms with Gasteiger partial charge in [-0.15, -0.1) is 0 Å². The van der Waals surface area contributed by atoms with Gasteiger partial charge in [0.2, 0.25) is 5.82 Å². The minimum Gasteiger partial charge on any atom is -0.475 e. The number of H-pyrrole nitrogens is 1. The van der Waals surface area contributed by atoms with Gasteiger partial charge in [-0.1, -0.05) is 31.4 Å². The van der Waals surface area contributed by atoms with E-state index in [9.17, 15) is 23.2 Å². The number of benzene rings is 1. The second-order valence-corrected chi connectivity index (χ2v) is 10.3. The predicted molar refractivity (Wildman–Crippen MR) is 145 cm³/mol. The van der Waals surface area contributed by atoms with E-state index >= 15 is 0 Å². The molecule has 3 aliphatic heterocycles. The topological polar surface area (TPSA) is 154 Å². The van der Waals surface area contributed by atoms with Gasteiger partial charge in [-0.2, -0.15) is 23.4 Å². The number of piperazine rings is 1. The van der Waals surface area contributed by atoms with Crippen LogP contribution in [0.5, 0.6) is 0 Å². The van der Waals surface area contributed by atoms with Crippen LogP contribution in [-0.4, -0.2) is 92.2 Å². The first-order valence-electron chi connectivity index (χ1n) is 13.6. The number of nitrogens with one attached hydrogen (secondary N) is 2. The normalized spacial score (nSPS) is 16.7. The average Bonchev–Trinajstić information content (AvgIpc) is 3.46. The summed E-state index contributed by atoms with van der Waals surface area (Å²) in [5.41, 5.74) is 5.43. The number of hydrogen-bond donors (Lipinski definition) is 3. The molecule has 42 heavy (non-hydrogen) atoms. The fraction of sp³-hybridized carbons (Fsp3) is 0.481. The molecule has 1 saturated heterocycles. The smallest absolute Gasteiger partial charge is 0.475 e. The van der Waals surface area contributed by atoms with Gasteiger partial charge in [0.05, 0.1) is 6.04 Å². The van der Waals surface area contributed by atoms with Gasteiger partial charge in [0.15, 0.2) is 17.3 Å². The van der Waals surface area contributed by atoms with Crippen molar-refractivity contribution in [1.29, 1.82) is 5.26 Å². The quantitative estimate of drug-likeness (QED) is 0.367. The van der Waals surface area contributed by atoms with E-state index in [0.717, 1.165) is 58.4 Å². The monoisotopic (exact) mass is 587 g/mol. The highest BCUT2D eigenvalue weighted by Crippen LogP contribution is 2.31. The molecular formula is C27H32F3N9O3. The molecule has 3 heterocycles. The molecule has 0 spiro atoms. The van der Waals surface area contributed by atoms with Crippen molar-refractivity contribution < 1.29 is 27.9 Å². The largest absolute Gasteiger partial charge is 0.490 e. The second-order valence-electron chi connectivity index (χ2n) is 10.3. The lowest BCUT2D eigenvalue weighted by atomic mass is 9.95. The molecule has 3 N–H and O–H groups in total. The number of anilines is 1. The first-order chi connectivity index (χ1) is 20.0. The number of carbonyl (C=O) groups excluding carboxylic acids is 1. The standard InChI is InChI=1S/C25H31N9O.C2HF3O2/c1-32-11-13-33(14-12-32)16-18-7-9-19(10-8-18)25(35)31-34(20-5-3-2-4-6-20)24-22-23(28-17-27-22)29-21(15-26)30-24;3-2(4,5)1(6)7/h7-10,17,20H,2-6,11-14,16H2,1H3,(H,31,35)(H,27,28,29,30);(H,6,7). The number of carboxylic acid groups (broad SMARTS) is 1. The molecule has 5 rings (SSSR count). The Morgan fingerprint density at radius 1 is 1.12 bits per heavy atom. The molecule has 1 aliphatic carbocycles. The molecule has 15 heteroatoms. The Morgan fingerprint density at radius 2 is 1.76 bits per heavy atom. The van der Waals surface area contributed by atoms with Crippen molar-refractivity contribution in [2.45, 2.75) is 50.9 Å². The number of hydrogen-bond acceptors (Lipinski definition) is 9. The first-order valence-corrected chi connectivity index (χ1v) is 13.6. The zero-order valence-electron chi connectivity index (χ0n) is 23.1. The number of fused-ring (bicyclic) bond motifs is 1. The van der Waals surface area contributed by atoms with E-state index in [1.807, 2.05) is 29.3 Å². The van der Waals surface area contributed by atoms with Crippen LogP contribution in [0.15, 0.2) is 30.6 Å². The van der Waals surface area contributed by atoms with Gasteiger partial charge < -0.3 is 15.0 Å². The maximum atomic E-state index is 13.3. The zero-order valence-corrected chi connectivity index (χ0v) is 23.1. The van der Waals surface area contributed by atoms with E-state index in [1.165, 1.54) is 18.3 Å². The van der Waals surface area contributed by atoms with E-state index in [4.69, 9.17) is 9.90 Å². The molecule has 0 unspecified atom stereocenters. The number of likely N-dealkylation sites (N-methyl/N-ethyl adjacent to an activating group) is 1. The number of carbonyl (C=O) groups is 2. The summed E-state index contributed by atoms with van der Waals surface area (Å²) in [5, 5.41) is 18.4. The number of hydrazine groups is 1. The maximum absolute atomic E-state index is 13.3. The molecule has 0 radical (unpaired) electrons. The number of rotatable bonds is 6. The fourth-order valence-corrected chi connectivity index (χ4v) is 4.91. The van der Waals surface area contributed by atoms with Crippen LogP contribution >= 0.6 is 0 Å². The van der Waals surface area contributed by atoms with E-state index in [-0.39, 0.29) is 17.8 Å². The molecule has 0 atom stereocenters.